The maximum absolute atomic E-state index is 13.2. The van der Waals surface area contributed by atoms with Crippen LogP contribution >= 0.6 is 12.2 Å². The summed E-state index contributed by atoms with van der Waals surface area (Å²) in [6, 6.07) is 13.2. The maximum atomic E-state index is 13.2. The molecular formula is C25H25N5O4S. The highest BCUT2D eigenvalue weighted by molar-refractivity contribution is 7.80. The van der Waals surface area contributed by atoms with Gasteiger partial charge in [-0.3, -0.25) is 24.5 Å². The Balaban J connectivity index is 1.67. The first-order chi connectivity index (χ1) is 16.7. The summed E-state index contributed by atoms with van der Waals surface area (Å²) in [4.78, 5) is 25.7. The van der Waals surface area contributed by atoms with Crippen LogP contribution in [-0.2, 0) is 17.8 Å². The van der Waals surface area contributed by atoms with Crippen LogP contribution in [0.3, 0.4) is 0 Å². The van der Waals surface area contributed by atoms with Crippen molar-refractivity contribution in [2.45, 2.75) is 33.7 Å². The predicted octanol–water partition coefficient (Wildman–Crippen LogP) is 4.29. The van der Waals surface area contributed by atoms with Gasteiger partial charge in [-0.05, 0) is 67.9 Å². The summed E-state index contributed by atoms with van der Waals surface area (Å²) in [5.74, 6) is 0.379. The average molecular weight is 492 g/mol. The van der Waals surface area contributed by atoms with Crippen LogP contribution in [0.1, 0.15) is 35.0 Å². The number of para-hydroxylation sites is 1. The fourth-order valence-electron chi connectivity index (χ4n) is 4.23. The van der Waals surface area contributed by atoms with E-state index in [1.165, 1.54) is 4.90 Å². The molecule has 0 saturated carbocycles. The highest BCUT2D eigenvalue weighted by Gasteiger charge is 2.33. The SMILES string of the molecule is CCc1ccccc1N1C(=O)/C(=C\c2ccc(OC)c(Cn3nc(C)c([N+](=O)[O-])c3C)c2)NC1=S. The Morgan fingerprint density at radius 3 is 2.60 bits per heavy atom. The smallest absolute Gasteiger partial charge is 0.312 e. The third-order valence-corrected chi connectivity index (χ3v) is 6.24. The number of carbonyl (C=O) groups excluding carboxylic acids is 1. The Hall–Kier alpha value is -4.05. The minimum atomic E-state index is -0.422. The molecule has 0 aliphatic carbocycles. The summed E-state index contributed by atoms with van der Waals surface area (Å²) < 4.78 is 7.08. The van der Waals surface area contributed by atoms with E-state index in [9.17, 15) is 14.9 Å². The van der Waals surface area contributed by atoms with Crippen molar-refractivity contribution in [1.29, 1.82) is 0 Å². The maximum Gasteiger partial charge on any atom is 0.312 e. The van der Waals surface area contributed by atoms with Crippen molar-refractivity contribution in [3.05, 3.63) is 86.4 Å². The van der Waals surface area contributed by atoms with E-state index in [2.05, 4.69) is 10.4 Å². The molecule has 9 nitrogen and oxygen atoms in total. The molecule has 0 unspecified atom stereocenters. The number of rotatable bonds is 7. The molecule has 4 rings (SSSR count). The number of aryl methyl sites for hydroxylation is 2. The molecule has 180 valence electrons. The predicted molar refractivity (Wildman–Crippen MR) is 137 cm³/mol. The van der Waals surface area contributed by atoms with Crippen LogP contribution in [0, 0.1) is 24.0 Å². The first kappa shape index (κ1) is 24.1. The Morgan fingerprint density at radius 2 is 1.94 bits per heavy atom. The lowest BCUT2D eigenvalue weighted by atomic mass is 10.1. The number of anilines is 1. The summed E-state index contributed by atoms with van der Waals surface area (Å²) in [5, 5.41) is 19.1. The summed E-state index contributed by atoms with van der Waals surface area (Å²) in [6.07, 6.45) is 2.50. The number of thiocarbonyl (C=S) groups is 1. The van der Waals surface area contributed by atoms with E-state index in [0.717, 1.165) is 28.8 Å². The van der Waals surface area contributed by atoms with Crippen molar-refractivity contribution < 1.29 is 14.5 Å². The molecule has 10 heteroatoms. The summed E-state index contributed by atoms with van der Waals surface area (Å²) >= 11 is 5.47. The zero-order valence-electron chi connectivity index (χ0n) is 19.9. The fraction of sp³-hybridized carbons (Fsp3) is 0.240. The molecule has 35 heavy (non-hydrogen) atoms. The quantitative estimate of drug-likeness (QED) is 0.228. The molecule has 2 heterocycles. The normalized spacial score (nSPS) is 14.5. The van der Waals surface area contributed by atoms with Gasteiger partial charge in [0.15, 0.2) is 5.11 Å². The van der Waals surface area contributed by atoms with Crippen LogP contribution in [0.25, 0.3) is 6.08 Å². The van der Waals surface area contributed by atoms with Gasteiger partial charge in [0, 0.05) is 5.56 Å². The van der Waals surface area contributed by atoms with Gasteiger partial charge in [-0.1, -0.05) is 31.2 Å². The fourth-order valence-corrected chi connectivity index (χ4v) is 4.52. The lowest BCUT2D eigenvalue weighted by molar-refractivity contribution is -0.386. The third-order valence-electron chi connectivity index (χ3n) is 5.95. The van der Waals surface area contributed by atoms with E-state index >= 15 is 0 Å². The Morgan fingerprint density at radius 1 is 1.20 bits per heavy atom. The lowest BCUT2D eigenvalue weighted by Crippen LogP contribution is -2.31. The largest absolute Gasteiger partial charge is 0.496 e. The molecular weight excluding hydrogens is 466 g/mol. The minimum Gasteiger partial charge on any atom is -0.496 e. The van der Waals surface area contributed by atoms with Gasteiger partial charge in [-0.2, -0.15) is 5.10 Å². The van der Waals surface area contributed by atoms with Gasteiger partial charge in [0.2, 0.25) is 0 Å². The van der Waals surface area contributed by atoms with Gasteiger partial charge in [0.25, 0.3) is 5.91 Å². The molecule has 1 aliphatic rings. The number of methoxy groups -OCH3 is 1. The van der Waals surface area contributed by atoms with Crippen LogP contribution in [0.4, 0.5) is 11.4 Å². The highest BCUT2D eigenvalue weighted by atomic mass is 32.1. The molecule has 3 aromatic rings. The molecule has 2 aromatic carbocycles. The van der Waals surface area contributed by atoms with Crippen molar-refractivity contribution in [3.63, 3.8) is 0 Å². The van der Waals surface area contributed by atoms with Crippen LogP contribution < -0.4 is 15.0 Å². The first-order valence-corrected chi connectivity index (χ1v) is 11.5. The Labute approximate surface area is 208 Å². The zero-order valence-corrected chi connectivity index (χ0v) is 20.7. The number of nitro groups is 1. The number of hydrogen-bond acceptors (Lipinski definition) is 6. The molecule has 1 fully saturated rings. The van der Waals surface area contributed by atoms with E-state index < -0.39 is 4.92 Å². The number of benzene rings is 2. The van der Waals surface area contributed by atoms with Gasteiger partial charge < -0.3 is 10.1 Å². The average Bonchev–Trinajstić information content (AvgIpc) is 3.27. The van der Waals surface area contributed by atoms with Crippen LogP contribution in [0.5, 0.6) is 5.75 Å². The van der Waals surface area contributed by atoms with Gasteiger partial charge in [0.1, 0.15) is 22.8 Å². The molecule has 1 aliphatic heterocycles. The zero-order chi connectivity index (χ0) is 25.3. The Bertz CT molecular complexity index is 1380. The number of nitrogens with one attached hydrogen (secondary N) is 1. The van der Waals surface area contributed by atoms with E-state index in [0.29, 0.717) is 27.9 Å². The molecule has 1 saturated heterocycles. The van der Waals surface area contributed by atoms with E-state index in [4.69, 9.17) is 17.0 Å². The molecule has 0 bridgehead atoms. The van der Waals surface area contributed by atoms with Crippen molar-refractivity contribution in [3.8, 4) is 5.75 Å². The van der Waals surface area contributed by atoms with Gasteiger partial charge in [-0.15, -0.1) is 0 Å². The number of ether oxygens (including phenoxy) is 1. The van der Waals surface area contributed by atoms with Crippen molar-refractivity contribution in [2.75, 3.05) is 12.0 Å². The number of aromatic nitrogens is 2. The van der Waals surface area contributed by atoms with Crippen molar-refractivity contribution >= 4 is 40.7 Å². The second-order valence-corrected chi connectivity index (χ2v) is 8.50. The third kappa shape index (κ3) is 4.52. The standard InChI is InChI=1S/C25H25N5O4S/c1-5-18-8-6-7-9-21(18)29-24(31)20(26-25(29)35)13-17-10-11-22(34-4)19(12-17)14-28-16(3)23(30(32)33)15(2)27-28/h6-13H,5,14H2,1-4H3,(H,26,35)/b20-13+. The molecule has 1 amide bonds. The second-order valence-electron chi connectivity index (χ2n) is 8.12. The molecule has 1 N–H and O–H groups in total. The van der Waals surface area contributed by atoms with Crippen LogP contribution in [0.15, 0.2) is 48.2 Å². The summed E-state index contributed by atoms with van der Waals surface area (Å²) in [5.41, 5.74) is 4.49. The molecule has 0 atom stereocenters. The van der Waals surface area contributed by atoms with Crippen LogP contribution in [-0.4, -0.2) is 32.8 Å². The number of carbonyl (C=O) groups is 1. The molecule has 1 aromatic heterocycles. The van der Waals surface area contributed by atoms with Gasteiger partial charge in [-0.25, -0.2) is 0 Å². The second kappa shape index (κ2) is 9.67. The Kier molecular flexibility index (Phi) is 6.65. The molecule has 0 radical (unpaired) electrons. The monoisotopic (exact) mass is 491 g/mol. The van der Waals surface area contributed by atoms with Crippen molar-refractivity contribution in [2.24, 2.45) is 0 Å². The number of nitrogens with zero attached hydrogens (tertiary/aromatic N) is 4. The number of hydrogen-bond donors (Lipinski definition) is 1. The molecule has 0 spiro atoms. The highest BCUT2D eigenvalue weighted by Crippen LogP contribution is 2.29. The van der Waals surface area contributed by atoms with Crippen molar-refractivity contribution in [1.82, 2.24) is 15.1 Å². The first-order valence-electron chi connectivity index (χ1n) is 11.1. The van der Waals surface area contributed by atoms with Gasteiger partial charge >= 0.3 is 5.69 Å². The number of amides is 1. The lowest BCUT2D eigenvalue weighted by Gasteiger charge is -2.17. The van der Waals surface area contributed by atoms with E-state index in [1.807, 2.05) is 43.3 Å². The summed E-state index contributed by atoms with van der Waals surface area (Å²) in [7, 11) is 1.56. The van der Waals surface area contributed by atoms with Crippen LogP contribution in [0.2, 0.25) is 0 Å². The van der Waals surface area contributed by atoms with E-state index in [-0.39, 0.29) is 18.1 Å². The topological polar surface area (TPSA) is 103 Å². The minimum absolute atomic E-state index is 0.00366. The summed E-state index contributed by atoms with van der Waals surface area (Å²) in [6.45, 7) is 5.59. The van der Waals surface area contributed by atoms with Gasteiger partial charge in [0.05, 0.1) is 24.3 Å². The van der Waals surface area contributed by atoms with E-state index in [1.54, 1.807) is 37.8 Å².